The summed E-state index contributed by atoms with van der Waals surface area (Å²) in [5.74, 6) is 1.09. The maximum atomic E-state index is 11.9. The van der Waals surface area contributed by atoms with Crippen molar-refractivity contribution < 1.29 is 9.53 Å². The molecule has 1 rings (SSSR count). The van der Waals surface area contributed by atoms with Gasteiger partial charge in [-0.05, 0) is 24.2 Å². The van der Waals surface area contributed by atoms with Crippen molar-refractivity contribution in [2.45, 2.75) is 34.1 Å². The van der Waals surface area contributed by atoms with Crippen molar-refractivity contribution in [3.8, 4) is 6.07 Å². The number of carbonyl (C=O) groups is 1. The van der Waals surface area contributed by atoms with E-state index in [0.717, 1.165) is 6.42 Å². The lowest BCUT2D eigenvalue weighted by Crippen LogP contribution is -2.45. The van der Waals surface area contributed by atoms with Crippen molar-refractivity contribution in [2.75, 3.05) is 19.7 Å². The zero-order valence-corrected chi connectivity index (χ0v) is 11.8. The molecule has 2 unspecified atom stereocenters. The number of hydrogen-bond acceptors (Lipinski definition) is 3. The number of nitrogens with zero attached hydrogens (tertiary/aromatic N) is 2. The highest BCUT2D eigenvalue weighted by Gasteiger charge is 2.33. The highest BCUT2D eigenvalue weighted by Crippen LogP contribution is 2.29. The van der Waals surface area contributed by atoms with Gasteiger partial charge in [0, 0.05) is 13.1 Å². The molecule has 0 saturated carbocycles. The summed E-state index contributed by atoms with van der Waals surface area (Å²) in [5, 5.41) is 9.13. The van der Waals surface area contributed by atoms with Gasteiger partial charge in [0.25, 0.3) is 0 Å². The lowest BCUT2D eigenvalue weighted by Gasteiger charge is -2.37. The van der Waals surface area contributed by atoms with E-state index in [1.54, 1.807) is 4.90 Å². The predicted molar refractivity (Wildman–Crippen MR) is 69.8 cm³/mol. The first-order valence-electron chi connectivity index (χ1n) is 6.77. The summed E-state index contributed by atoms with van der Waals surface area (Å²) in [4.78, 5) is 13.6. The minimum absolute atomic E-state index is 0.0687. The number of ether oxygens (including phenoxy) is 1. The zero-order chi connectivity index (χ0) is 13.7. The van der Waals surface area contributed by atoms with Gasteiger partial charge in [-0.15, -0.1) is 0 Å². The first-order valence-corrected chi connectivity index (χ1v) is 6.77. The molecule has 1 aliphatic rings. The highest BCUT2D eigenvalue weighted by atomic mass is 16.6. The maximum Gasteiger partial charge on any atom is 0.409 e. The van der Waals surface area contributed by atoms with E-state index in [2.05, 4.69) is 19.9 Å². The number of likely N-dealkylation sites (tertiary alicyclic amines) is 1. The van der Waals surface area contributed by atoms with Crippen LogP contribution >= 0.6 is 0 Å². The smallest absolute Gasteiger partial charge is 0.409 e. The van der Waals surface area contributed by atoms with E-state index in [9.17, 15) is 4.79 Å². The predicted octanol–water partition coefficient (Wildman–Crippen LogP) is 2.90. The van der Waals surface area contributed by atoms with E-state index in [-0.39, 0.29) is 17.9 Å². The molecule has 0 aromatic heterocycles. The van der Waals surface area contributed by atoms with Crippen molar-refractivity contribution in [1.82, 2.24) is 4.90 Å². The van der Waals surface area contributed by atoms with Crippen LogP contribution in [0.3, 0.4) is 0 Å². The third kappa shape index (κ3) is 3.90. The van der Waals surface area contributed by atoms with Crippen LogP contribution in [0, 0.1) is 35.0 Å². The Hall–Kier alpha value is -1.24. The summed E-state index contributed by atoms with van der Waals surface area (Å²) >= 11 is 0. The summed E-state index contributed by atoms with van der Waals surface area (Å²) in [6, 6.07) is 2.37. The van der Waals surface area contributed by atoms with Crippen molar-refractivity contribution >= 4 is 6.09 Å². The average Bonchev–Trinajstić information content (AvgIpc) is 2.34. The van der Waals surface area contributed by atoms with Gasteiger partial charge in [0.15, 0.2) is 0 Å². The van der Waals surface area contributed by atoms with Crippen LogP contribution in [0.2, 0.25) is 0 Å². The van der Waals surface area contributed by atoms with Gasteiger partial charge in [-0.3, -0.25) is 0 Å². The van der Waals surface area contributed by atoms with Crippen LogP contribution in [-0.2, 0) is 4.74 Å². The van der Waals surface area contributed by atoms with Crippen LogP contribution in [0.1, 0.15) is 34.1 Å². The van der Waals surface area contributed by atoms with Crippen LogP contribution in [-0.4, -0.2) is 30.7 Å². The van der Waals surface area contributed by atoms with Crippen molar-refractivity contribution in [1.29, 1.82) is 5.26 Å². The van der Waals surface area contributed by atoms with Crippen LogP contribution < -0.4 is 0 Å². The fourth-order valence-electron chi connectivity index (χ4n) is 2.31. The van der Waals surface area contributed by atoms with Crippen LogP contribution in [0.5, 0.6) is 0 Å². The third-order valence-corrected chi connectivity index (χ3v) is 3.48. The molecule has 0 radical (unpaired) electrons. The molecule has 0 aromatic carbocycles. The molecule has 1 amide bonds. The van der Waals surface area contributed by atoms with Gasteiger partial charge in [0.05, 0.1) is 18.6 Å². The molecular weight excluding hydrogens is 228 g/mol. The summed E-state index contributed by atoms with van der Waals surface area (Å²) < 4.78 is 5.24. The van der Waals surface area contributed by atoms with Gasteiger partial charge in [0.1, 0.15) is 0 Å². The second kappa shape index (κ2) is 6.63. The average molecular weight is 252 g/mol. The second-order valence-electron chi connectivity index (χ2n) is 5.85. The molecule has 4 nitrogen and oxygen atoms in total. The number of rotatable bonds is 3. The van der Waals surface area contributed by atoms with Crippen molar-refractivity contribution in [2.24, 2.45) is 23.7 Å². The van der Waals surface area contributed by atoms with Gasteiger partial charge >= 0.3 is 6.09 Å². The molecule has 0 spiro atoms. The van der Waals surface area contributed by atoms with Crippen LogP contribution in [0.4, 0.5) is 4.79 Å². The number of piperidine rings is 1. The van der Waals surface area contributed by atoms with Gasteiger partial charge in [0.2, 0.25) is 0 Å². The monoisotopic (exact) mass is 252 g/mol. The van der Waals surface area contributed by atoms with Gasteiger partial charge in [-0.2, -0.15) is 5.26 Å². The molecular formula is C14H24N2O2. The molecule has 0 aliphatic carbocycles. The fourth-order valence-corrected chi connectivity index (χ4v) is 2.31. The lowest BCUT2D eigenvalue weighted by atomic mass is 9.79. The standard InChI is InChI=1S/C14H24N2O2/c1-10(2)9-18-14(17)16-6-5-12(7-15)13(8-16)11(3)4/h10-13H,5-6,8-9H2,1-4H3. The fraction of sp³-hybridized carbons (Fsp3) is 0.857. The molecule has 4 heteroatoms. The molecule has 1 saturated heterocycles. The van der Waals surface area contributed by atoms with E-state index in [0.29, 0.717) is 31.5 Å². The molecule has 1 heterocycles. The van der Waals surface area contributed by atoms with E-state index < -0.39 is 0 Å². The van der Waals surface area contributed by atoms with Gasteiger partial charge in [-0.25, -0.2) is 4.79 Å². The van der Waals surface area contributed by atoms with Crippen LogP contribution in [0.15, 0.2) is 0 Å². The molecule has 1 aliphatic heterocycles. The topological polar surface area (TPSA) is 53.3 Å². The van der Waals surface area contributed by atoms with E-state index >= 15 is 0 Å². The van der Waals surface area contributed by atoms with Gasteiger partial charge < -0.3 is 9.64 Å². The van der Waals surface area contributed by atoms with Gasteiger partial charge in [-0.1, -0.05) is 27.7 Å². The van der Waals surface area contributed by atoms with Crippen molar-refractivity contribution in [3.05, 3.63) is 0 Å². The lowest BCUT2D eigenvalue weighted by molar-refractivity contribution is 0.0607. The quantitative estimate of drug-likeness (QED) is 0.776. The summed E-state index contributed by atoms with van der Waals surface area (Å²) in [7, 11) is 0. The largest absolute Gasteiger partial charge is 0.449 e. The minimum Gasteiger partial charge on any atom is -0.449 e. The Morgan fingerprint density at radius 3 is 2.61 bits per heavy atom. The van der Waals surface area contributed by atoms with Crippen LogP contribution in [0.25, 0.3) is 0 Å². The SMILES string of the molecule is CC(C)COC(=O)N1CCC(C#N)C(C(C)C)C1. The third-order valence-electron chi connectivity index (χ3n) is 3.48. The molecule has 18 heavy (non-hydrogen) atoms. The summed E-state index contributed by atoms with van der Waals surface area (Å²) in [6.07, 6.45) is 0.529. The molecule has 0 N–H and O–H groups in total. The Morgan fingerprint density at radius 1 is 1.44 bits per heavy atom. The number of hydrogen-bond donors (Lipinski definition) is 0. The van der Waals surface area contributed by atoms with E-state index in [4.69, 9.17) is 10.00 Å². The maximum absolute atomic E-state index is 11.9. The number of carbonyl (C=O) groups excluding carboxylic acids is 1. The zero-order valence-electron chi connectivity index (χ0n) is 11.8. The molecule has 2 atom stereocenters. The Bertz CT molecular complexity index is 320. The minimum atomic E-state index is -0.231. The van der Waals surface area contributed by atoms with Crippen molar-refractivity contribution in [3.63, 3.8) is 0 Å². The molecule has 0 aromatic rings. The molecule has 0 bridgehead atoms. The first-order chi connectivity index (χ1) is 8.45. The number of nitriles is 1. The summed E-state index contributed by atoms with van der Waals surface area (Å²) in [5.41, 5.74) is 0. The van der Waals surface area contributed by atoms with E-state index in [1.165, 1.54) is 0 Å². The Labute approximate surface area is 110 Å². The van der Waals surface area contributed by atoms with E-state index in [1.807, 2.05) is 13.8 Å². The molecule has 1 fully saturated rings. The normalized spacial score (nSPS) is 24.2. The first kappa shape index (κ1) is 14.8. The Balaban J connectivity index is 2.55. The number of amides is 1. The molecule has 102 valence electrons. The highest BCUT2D eigenvalue weighted by molar-refractivity contribution is 5.67. The Morgan fingerprint density at radius 2 is 2.11 bits per heavy atom. The second-order valence-corrected chi connectivity index (χ2v) is 5.85. The summed E-state index contributed by atoms with van der Waals surface area (Å²) in [6.45, 7) is 10.0. The Kier molecular flexibility index (Phi) is 5.46.